The number of sulfonamides is 1. The number of piperidine rings is 1. The number of halogens is 1. The second kappa shape index (κ2) is 10.1. The van der Waals surface area contributed by atoms with Crippen LogP contribution in [-0.2, 0) is 26.2 Å². The largest absolute Gasteiger partial charge is 0.453 e. The highest BCUT2D eigenvalue weighted by Gasteiger charge is 2.28. The number of aromatic amines is 1. The molecule has 1 amide bonds. The van der Waals surface area contributed by atoms with Gasteiger partial charge in [0.15, 0.2) is 0 Å². The molecule has 1 aromatic heterocycles. The van der Waals surface area contributed by atoms with Gasteiger partial charge >= 0.3 is 6.09 Å². The fraction of sp³-hybridized carbons (Fsp3) is 0.273. The third-order valence-electron chi connectivity index (χ3n) is 5.37. The highest BCUT2D eigenvalue weighted by molar-refractivity contribution is 7.89. The molecule has 35 heavy (non-hydrogen) atoms. The lowest BCUT2D eigenvalue weighted by Crippen LogP contribution is -2.38. The average Bonchev–Trinajstić information content (AvgIpc) is 3.26. The number of oxime groups is 1. The number of carbonyl (C=O) groups is 1. The Balaban J connectivity index is 1.38. The van der Waals surface area contributed by atoms with Crippen molar-refractivity contribution in [1.29, 1.82) is 5.26 Å². The van der Waals surface area contributed by atoms with Gasteiger partial charge in [0.25, 0.3) is 0 Å². The van der Waals surface area contributed by atoms with Crippen molar-refractivity contribution in [3.05, 3.63) is 53.3 Å². The highest BCUT2D eigenvalue weighted by Crippen LogP contribution is 2.24. The number of hydrogen-bond acceptors (Lipinski definition) is 8. The van der Waals surface area contributed by atoms with Crippen molar-refractivity contribution in [1.82, 2.24) is 14.3 Å². The van der Waals surface area contributed by atoms with Crippen molar-refractivity contribution in [2.24, 2.45) is 5.16 Å². The molecule has 1 aliphatic heterocycles. The molecule has 2 N–H and O–H groups in total. The van der Waals surface area contributed by atoms with E-state index >= 15 is 0 Å². The highest BCUT2D eigenvalue weighted by atomic mass is 32.2. The lowest BCUT2D eigenvalue weighted by atomic mass is 10.1. The lowest BCUT2D eigenvalue weighted by molar-refractivity contribution is 0.128. The standard InChI is InChI=1S/C22H21FN6O5S/c1-33-22(30)27-21-25-19-5-3-17(11-20(19)26-21)35(31,32)29-8-6-16(7-9-29)28-34-13-14-2-4-18(23)15(10-14)12-24/h2-5,10-11H,6-9,13H2,1H3,(H2,25,26,27,30). The summed E-state index contributed by atoms with van der Waals surface area (Å²) in [6, 6.07) is 10.4. The molecule has 0 atom stereocenters. The zero-order valence-electron chi connectivity index (χ0n) is 18.6. The van der Waals surface area contributed by atoms with Crippen molar-refractivity contribution in [2.45, 2.75) is 24.3 Å². The van der Waals surface area contributed by atoms with Crippen LogP contribution in [-0.4, -0.2) is 54.7 Å². The van der Waals surface area contributed by atoms with Crippen LogP contribution in [0.1, 0.15) is 24.0 Å². The number of carbonyl (C=O) groups excluding carboxylic acids is 1. The summed E-state index contributed by atoms with van der Waals surface area (Å²) in [5.74, 6) is -0.453. The van der Waals surface area contributed by atoms with Crippen LogP contribution in [0.4, 0.5) is 15.1 Å². The van der Waals surface area contributed by atoms with Gasteiger partial charge in [-0.3, -0.25) is 5.32 Å². The predicted molar refractivity (Wildman–Crippen MR) is 123 cm³/mol. The summed E-state index contributed by atoms with van der Waals surface area (Å²) in [6.07, 6.45) is 0.0910. The maximum atomic E-state index is 13.4. The van der Waals surface area contributed by atoms with Crippen LogP contribution in [0.3, 0.4) is 0 Å². The Morgan fingerprint density at radius 1 is 1.29 bits per heavy atom. The zero-order valence-corrected chi connectivity index (χ0v) is 19.4. The van der Waals surface area contributed by atoms with E-state index in [-0.39, 0.29) is 36.1 Å². The number of anilines is 1. The number of rotatable bonds is 6. The number of benzene rings is 2. The second-order valence-electron chi connectivity index (χ2n) is 7.64. The number of hydrogen-bond donors (Lipinski definition) is 2. The smallest absolute Gasteiger partial charge is 0.413 e. The number of amides is 1. The fourth-order valence-electron chi connectivity index (χ4n) is 3.53. The molecular formula is C22H21FN6O5S. The van der Waals surface area contributed by atoms with Gasteiger partial charge in [-0.25, -0.2) is 22.6 Å². The van der Waals surface area contributed by atoms with Gasteiger partial charge in [0.05, 0.1) is 34.3 Å². The molecule has 0 bridgehead atoms. The Morgan fingerprint density at radius 3 is 2.77 bits per heavy atom. The van der Waals surface area contributed by atoms with E-state index in [0.717, 1.165) is 0 Å². The Bertz CT molecular complexity index is 1440. The number of nitrogens with zero attached hydrogens (tertiary/aromatic N) is 4. The minimum Gasteiger partial charge on any atom is -0.453 e. The molecule has 11 nitrogen and oxygen atoms in total. The normalized spacial score (nSPS) is 14.4. The van der Waals surface area contributed by atoms with Crippen molar-refractivity contribution < 1.29 is 27.2 Å². The van der Waals surface area contributed by atoms with Gasteiger partial charge in [-0.15, -0.1) is 0 Å². The fourth-order valence-corrected chi connectivity index (χ4v) is 5.00. The Morgan fingerprint density at radius 2 is 2.06 bits per heavy atom. The quantitative estimate of drug-likeness (QED) is 0.494. The molecule has 1 aliphatic rings. The molecule has 0 unspecified atom stereocenters. The van der Waals surface area contributed by atoms with Gasteiger partial charge in [-0.2, -0.15) is 9.57 Å². The van der Waals surface area contributed by atoms with Gasteiger partial charge in [0.2, 0.25) is 16.0 Å². The molecule has 4 rings (SSSR count). The van der Waals surface area contributed by atoms with Gasteiger partial charge in [-0.1, -0.05) is 11.2 Å². The Kier molecular flexibility index (Phi) is 6.94. The first-order valence-electron chi connectivity index (χ1n) is 10.5. The number of H-pyrrole nitrogens is 1. The van der Waals surface area contributed by atoms with E-state index in [1.807, 2.05) is 0 Å². The van der Waals surface area contributed by atoms with Gasteiger partial charge in [0, 0.05) is 25.9 Å². The van der Waals surface area contributed by atoms with Gasteiger partial charge < -0.3 is 14.6 Å². The maximum absolute atomic E-state index is 13.4. The van der Waals surface area contributed by atoms with Crippen LogP contribution in [0.15, 0.2) is 46.4 Å². The summed E-state index contributed by atoms with van der Waals surface area (Å²) >= 11 is 0. The van der Waals surface area contributed by atoms with E-state index in [9.17, 15) is 17.6 Å². The zero-order chi connectivity index (χ0) is 25.0. The van der Waals surface area contributed by atoms with Crippen LogP contribution in [0.2, 0.25) is 0 Å². The third kappa shape index (κ3) is 5.39. The molecule has 0 saturated carbocycles. The molecule has 182 valence electrons. The molecule has 2 heterocycles. The SMILES string of the molecule is COC(=O)Nc1nc2ccc(S(=O)(=O)N3CCC(=NOCc4ccc(F)c(C#N)c4)CC3)cc2[nH]1. The van der Waals surface area contributed by atoms with Crippen LogP contribution in [0.25, 0.3) is 11.0 Å². The molecule has 0 spiro atoms. The summed E-state index contributed by atoms with van der Waals surface area (Å²) in [5.41, 5.74) is 2.18. The van der Waals surface area contributed by atoms with E-state index < -0.39 is 21.9 Å². The van der Waals surface area contributed by atoms with Crippen molar-refractivity contribution in [3.8, 4) is 6.07 Å². The minimum absolute atomic E-state index is 0.0670. The van der Waals surface area contributed by atoms with Crippen molar-refractivity contribution in [3.63, 3.8) is 0 Å². The van der Waals surface area contributed by atoms with Crippen molar-refractivity contribution in [2.75, 3.05) is 25.5 Å². The molecule has 0 aliphatic carbocycles. The van der Waals surface area contributed by atoms with E-state index in [2.05, 4.69) is 25.2 Å². The molecule has 0 radical (unpaired) electrons. The minimum atomic E-state index is -3.76. The van der Waals surface area contributed by atoms with Crippen LogP contribution in [0, 0.1) is 17.1 Å². The number of nitrogens with one attached hydrogen (secondary N) is 2. The molecule has 2 aromatic carbocycles. The Labute approximate surface area is 200 Å². The molecular weight excluding hydrogens is 479 g/mol. The first-order chi connectivity index (χ1) is 16.8. The van der Waals surface area contributed by atoms with Crippen LogP contribution in [0.5, 0.6) is 0 Å². The Hall–Kier alpha value is -4.02. The average molecular weight is 501 g/mol. The second-order valence-corrected chi connectivity index (χ2v) is 9.58. The maximum Gasteiger partial charge on any atom is 0.413 e. The number of methoxy groups -OCH3 is 1. The molecule has 13 heteroatoms. The summed E-state index contributed by atoms with van der Waals surface area (Å²) in [4.78, 5) is 23.8. The predicted octanol–water partition coefficient (Wildman–Crippen LogP) is 3.11. The lowest BCUT2D eigenvalue weighted by Gasteiger charge is -2.26. The number of fused-ring (bicyclic) bond motifs is 1. The molecule has 1 fully saturated rings. The van der Waals surface area contributed by atoms with Crippen molar-refractivity contribution >= 4 is 38.8 Å². The first-order valence-corrected chi connectivity index (χ1v) is 12.0. The van der Waals surface area contributed by atoms with Gasteiger partial charge in [-0.05, 0) is 35.9 Å². The summed E-state index contributed by atoms with van der Waals surface area (Å²) in [6.45, 7) is 0.531. The summed E-state index contributed by atoms with van der Waals surface area (Å²) < 4.78 is 45.6. The van der Waals surface area contributed by atoms with Crippen LogP contribution < -0.4 is 5.32 Å². The molecule has 1 saturated heterocycles. The van der Waals surface area contributed by atoms with E-state index in [4.69, 9.17) is 10.1 Å². The topological polar surface area (TPSA) is 150 Å². The number of aromatic nitrogens is 2. The number of imidazole rings is 1. The van der Waals surface area contributed by atoms with E-state index in [1.165, 1.54) is 41.7 Å². The third-order valence-corrected chi connectivity index (χ3v) is 7.27. The monoisotopic (exact) mass is 500 g/mol. The number of ether oxygens (including phenoxy) is 1. The number of nitriles is 1. The van der Waals surface area contributed by atoms with Crippen LogP contribution >= 0.6 is 0 Å². The summed E-state index contributed by atoms with van der Waals surface area (Å²) in [7, 11) is -2.54. The molecule has 3 aromatic rings. The summed E-state index contributed by atoms with van der Waals surface area (Å²) in [5, 5.41) is 15.4. The van der Waals surface area contributed by atoms with E-state index in [0.29, 0.717) is 35.2 Å². The first kappa shape index (κ1) is 24.1. The van der Waals surface area contributed by atoms with Gasteiger partial charge in [0.1, 0.15) is 18.5 Å². The van der Waals surface area contributed by atoms with E-state index in [1.54, 1.807) is 12.1 Å².